The minimum atomic E-state index is -0.277. The SMILES string of the molecule is COc1ccccc1C(=O)Nc1cc(C)ccc1N1CCCN(Cc2cc(C)cc(C)c2)C1=O. The number of nitrogens with zero attached hydrogens (tertiary/aromatic N) is 2. The molecule has 34 heavy (non-hydrogen) atoms. The zero-order valence-electron chi connectivity index (χ0n) is 20.2. The number of benzene rings is 3. The number of anilines is 2. The monoisotopic (exact) mass is 457 g/mol. The van der Waals surface area contributed by atoms with Crippen molar-refractivity contribution >= 4 is 23.3 Å². The van der Waals surface area contributed by atoms with Crippen molar-refractivity contribution < 1.29 is 14.3 Å². The van der Waals surface area contributed by atoms with Crippen molar-refractivity contribution in [2.24, 2.45) is 0 Å². The van der Waals surface area contributed by atoms with Crippen molar-refractivity contribution in [1.29, 1.82) is 0 Å². The third-order valence-electron chi connectivity index (χ3n) is 6.01. The minimum absolute atomic E-state index is 0.0537. The smallest absolute Gasteiger partial charge is 0.324 e. The average Bonchev–Trinajstić information content (AvgIpc) is 2.80. The second kappa shape index (κ2) is 10.00. The van der Waals surface area contributed by atoms with Crippen molar-refractivity contribution in [1.82, 2.24) is 4.90 Å². The Labute approximate surface area is 201 Å². The molecule has 3 amide bonds. The summed E-state index contributed by atoms with van der Waals surface area (Å²) in [4.78, 5) is 30.2. The minimum Gasteiger partial charge on any atom is -0.496 e. The summed E-state index contributed by atoms with van der Waals surface area (Å²) in [6, 6.07) is 19.2. The van der Waals surface area contributed by atoms with Gasteiger partial charge in [0.15, 0.2) is 0 Å². The number of nitrogens with one attached hydrogen (secondary N) is 1. The lowest BCUT2D eigenvalue weighted by atomic mass is 10.1. The van der Waals surface area contributed by atoms with Crippen LogP contribution in [0.5, 0.6) is 5.75 Å². The fourth-order valence-electron chi connectivity index (χ4n) is 4.54. The highest BCUT2D eigenvalue weighted by atomic mass is 16.5. The molecule has 0 bridgehead atoms. The van der Waals surface area contributed by atoms with Crippen molar-refractivity contribution in [3.8, 4) is 5.75 Å². The van der Waals surface area contributed by atoms with E-state index in [9.17, 15) is 9.59 Å². The molecule has 6 nitrogen and oxygen atoms in total. The van der Waals surface area contributed by atoms with Gasteiger partial charge in [-0.25, -0.2) is 4.79 Å². The Morgan fingerprint density at radius 3 is 2.41 bits per heavy atom. The highest BCUT2D eigenvalue weighted by Crippen LogP contribution is 2.31. The van der Waals surface area contributed by atoms with Gasteiger partial charge in [-0.15, -0.1) is 0 Å². The molecule has 3 aromatic rings. The van der Waals surface area contributed by atoms with Crippen LogP contribution in [0, 0.1) is 20.8 Å². The molecule has 1 saturated heterocycles. The fourth-order valence-corrected chi connectivity index (χ4v) is 4.54. The molecule has 176 valence electrons. The molecular formula is C28H31N3O3. The van der Waals surface area contributed by atoms with Gasteiger partial charge in [-0.3, -0.25) is 9.69 Å². The topological polar surface area (TPSA) is 61.9 Å². The van der Waals surface area contributed by atoms with Crippen LogP contribution in [0.4, 0.5) is 16.2 Å². The van der Waals surface area contributed by atoms with Crippen LogP contribution in [0.15, 0.2) is 60.7 Å². The summed E-state index contributed by atoms with van der Waals surface area (Å²) in [5.41, 5.74) is 6.25. The predicted octanol–water partition coefficient (Wildman–Crippen LogP) is 5.71. The molecule has 6 heteroatoms. The van der Waals surface area contributed by atoms with Crippen LogP contribution in [0.25, 0.3) is 0 Å². The van der Waals surface area contributed by atoms with Crippen molar-refractivity contribution in [2.45, 2.75) is 33.7 Å². The molecule has 0 unspecified atom stereocenters. The number of carbonyl (C=O) groups excluding carboxylic acids is 2. The first-order chi connectivity index (χ1) is 16.4. The number of para-hydroxylation sites is 1. The molecule has 0 aliphatic carbocycles. The maximum absolute atomic E-state index is 13.5. The van der Waals surface area contributed by atoms with Crippen LogP contribution in [0.3, 0.4) is 0 Å². The lowest BCUT2D eigenvalue weighted by molar-refractivity contribution is 0.102. The van der Waals surface area contributed by atoms with Crippen molar-refractivity contribution in [3.05, 3.63) is 88.5 Å². The number of aryl methyl sites for hydroxylation is 3. The first-order valence-corrected chi connectivity index (χ1v) is 11.5. The van der Waals surface area contributed by atoms with Gasteiger partial charge < -0.3 is 15.0 Å². The van der Waals surface area contributed by atoms with Crippen LogP contribution in [0.1, 0.15) is 39.0 Å². The van der Waals surface area contributed by atoms with Gasteiger partial charge in [0, 0.05) is 19.6 Å². The highest BCUT2D eigenvalue weighted by Gasteiger charge is 2.29. The van der Waals surface area contributed by atoms with Gasteiger partial charge in [0.2, 0.25) is 0 Å². The van der Waals surface area contributed by atoms with Crippen LogP contribution >= 0.6 is 0 Å². The number of methoxy groups -OCH3 is 1. The van der Waals surface area contributed by atoms with E-state index in [1.807, 2.05) is 36.1 Å². The summed E-state index contributed by atoms with van der Waals surface area (Å²) in [5, 5.41) is 3.01. The van der Waals surface area contributed by atoms with Gasteiger partial charge in [-0.2, -0.15) is 0 Å². The Bertz CT molecular complexity index is 1200. The van der Waals surface area contributed by atoms with E-state index in [0.717, 1.165) is 17.5 Å². The third-order valence-corrected chi connectivity index (χ3v) is 6.01. The summed E-state index contributed by atoms with van der Waals surface area (Å²) in [5.74, 6) is 0.226. The Kier molecular flexibility index (Phi) is 6.87. The maximum atomic E-state index is 13.5. The van der Waals surface area contributed by atoms with Gasteiger partial charge in [0.25, 0.3) is 5.91 Å². The van der Waals surface area contributed by atoms with Crippen LogP contribution in [-0.4, -0.2) is 37.0 Å². The molecule has 0 atom stereocenters. The van der Waals surface area contributed by atoms with E-state index >= 15 is 0 Å². The van der Waals surface area contributed by atoms with Crippen LogP contribution < -0.4 is 15.0 Å². The molecule has 0 aromatic heterocycles. The molecule has 0 saturated carbocycles. The van der Waals surface area contributed by atoms with Gasteiger partial charge in [-0.05, 0) is 62.6 Å². The summed E-state index contributed by atoms with van der Waals surface area (Å²) < 4.78 is 5.35. The standard InChI is InChI=1S/C28H31N3O3/c1-19-10-11-25(24(17-19)29-27(32)23-8-5-6-9-26(23)34-4)31-13-7-12-30(28(31)33)18-22-15-20(2)14-21(3)16-22/h5-6,8-11,14-17H,7,12-13,18H2,1-4H3,(H,29,32). The summed E-state index contributed by atoms with van der Waals surface area (Å²) >= 11 is 0. The summed E-state index contributed by atoms with van der Waals surface area (Å²) in [6.45, 7) is 7.98. The summed E-state index contributed by atoms with van der Waals surface area (Å²) in [7, 11) is 1.54. The zero-order chi connectivity index (χ0) is 24.2. The van der Waals surface area contributed by atoms with E-state index in [1.165, 1.54) is 11.1 Å². The van der Waals surface area contributed by atoms with Crippen LogP contribution in [0.2, 0.25) is 0 Å². The maximum Gasteiger partial charge on any atom is 0.324 e. The van der Waals surface area contributed by atoms with Crippen molar-refractivity contribution in [3.63, 3.8) is 0 Å². The zero-order valence-corrected chi connectivity index (χ0v) is 20.2. The predicted molar refractivity (Wildman–Crippen MR) is 136 cm³/mol. The third kappa shape index (κ3) is 5.06. The number of hydrogen-bond acceptors (Lipinski definition) is 3. The van der Waals surface area contributed by atoms with Crippen molar-refractivity contribution in [2.75, 3.05) is 30.4 Å². The van der Waals surface area contributed by atoms with E-state index in [-0.39, 0.29) is 11.9 Å². The van der Waals surface area contributed by atoms with Gasteiger partial charge in [-0.1, -0.05) is 47.5 Å². The van der Waals surface area contributed by atoms with E-state index in [1.54, 1.807) is 30.2 Å². The number of carbonyl (C=O) groups is 2. The van der Waals surface area contributed by atoms with Crippen LogP contribution in [-0.2, 0) is 6.54 Å². The van der Waals surface area contributed by atoms with Gasteiger partial charge in [0.1, 0.15) is 5.75 Å². The Hall–Kier alpha value is -3.80. The average molecular weight is 458 g/mol. The highest BCUT2D eigenvalue weighted by molar-refractivity contribution is 6.09. The molecule has 1 aliphatic heterocycles. The second-order valence-electron chi connectivity index (χ2n) is 8.88. The fraction of sp³-hybridized carbons (Fsp3) is 0.286. The quantitative estimate of drug-likeness (QED) is 0.516. The van der Waals surface area contributed by atoms with Gasteiger partial charge >= 0.3 is 6.03 Å². The molecule has 1 heterocycles. The van der Waals surface area contributed by atoms with Gasteiger partial charge in [0.05, 0.1) is 24.0 Å². The first-order valence-electron chi connectivity index (χ1n) is 11.5. The van der Waals surface area contributed by atoms with E-state index < -0.39 is 0 Å². The number of urea groups is 1. The van der Waals surface area contributed by atoms with E-state index in [2.05, 4.69) is 37.4 Å². The number of hydrogen-bond donors (Lipinski definition) is 1. The molecule has 1 fully saturated rings. The normalized spacial score (nSPS) is 13.7. The molecule has 0 spiro atoms. The molecule has 4 rings (SSSR count). The Balaban J connectivity index is 1.60. The lowest BCUT2D eigenvalue weighted by Gasteiger charge is -2.36. The largest absolute Gasteiger partial charge is 0.496 e. The number of ether oxygens (including phenoxy) is 1. The van der Waals surface area contributed by atoms with E-state index in [0.29, 0.717) is 42.3 Å². The summed E-state index contributed by atoms with van der Waals surface area (Å²) in [6.07, 6.45) is 0.851. The first kappa shape index (κ1) is 23.4. The molecule has 3 aromatic carbocycles. The second-order valence-corrected chi connectivity index (χ2v) is 8.88. The Morgan fingerprint density at radius 1 is 0.941 bits per heavy atom. The lowest BCUT2D eigenvalue weighted by Crippen LogP contribution is -2.49. The molecule has 0 radical (unpaired) electrons. The van der Waals surface area contributed by atoms with E-state index in [4.69, 9.17) is 4.74 Å². The Morgan fingerprint density at radius 2 is 1.68 bits per heavy atom. The molecular weight excluding hydrogens is 426 g/mol. The number of amides is 3. The molecule has 1 aliphatic rings. The number of rotatable bonds is 6. The molecule has 1 N–H and O–H groups in total.